The van der Waals surface area contributed by atoms with E-state index in [1.165, 1.54) is 17.4 Å². The van der Waals surface area contributed by atoms with Crippen molar-refractivity contribution in [2.45, 2.75) is 5.37 Å². The Morgan fingerprint density at radius 2 is 2.25 bits per heavy atom. The third-order valence-corrected chi connectivity index (χ3v) is 5.70. The number of rotatable bonds is 2. The molecule has 3 rings (SSSR count). The van der Waals surface area contributed by atoms with Crippen molar-refractivity contribution < 1.29 is 9.18 Å². The molecule has 2 nitrogen and oxygen atoms in total. The van der Waals surface area contributed by atoms with Crippen LogP contribution in [0.3, 0.4) is 0 Å². The SMILES string of the molecule is O=C(c1ccsc1)N1CCSC1c1ccc(F)c(Br)c1. The van der Waals surface area contributed by atoms with Crippen molar-refractivity contribution in [3.63, 3.8) is 0 Å². The van der Waals surface area contributed by atoms with E-state index in [1.54, 1.807) is 23.9 Å². The monoisotopic (exact) mass is 371 g/mol. The summed E-state index contributed by atoms with van der Waals surface area (Å²) < 4.78 is 13.8. The molecule has 20 heavy (non-hydrogen) atoms. The number of nitrogens with zero attached hydrogens (tertiary/aromatic N) is 1. The molecule has 1 aromatic carbocycles. The van der Waals surface area contributed by atoms with E-state index in [4.69, 9.17) is 0 Å². The van der Waals surface area contributed by atoms with Crippen LogP contribution < -0.4 is 0 Å². The second kappa shape index (κ2) is 5.87. The van der Waals surface area contributed by atoms with E-state index in [9.17, 15) is 9.18 Å². The highest BCUT2D eigenvalue weighted by Gasteiger charge is 2.31. The molecule has 1 unspecified atom stereocenters. The molecule has 1 atom stereocenters. The van der Waals surface area contributed by atoms with Gasteiger partial charge in [-0.2, -0.15) is 11.3 Å². The minimum atomic E-state index is -0.285. The quantitative estimate of drug-likeness (QED) is 0.772. The van der Waals surface area contributed by atoms with Crippen LogP contribution >= 0.6 is 39.0 Å². The van der Waals surface area contributed by atoms with Crippen LogP contribution in [-0.2, 0) is 0 Å². The zero-order valence-corrected chi connectivity index (χ0v) is 13.6. The van der Waals surface area contributed by atoms with Crippen molar-refractivity contribution >= 4 is 44.9 Å². The third kappa shape index (κ3) is 2.64. The number of halogens is 2. The Morgan fingerprint density at radius 3 is 2.95 bits per heavy atom. The maximum atomic E-state index is 13.3. The molecule has 0 bridgehead atoms. The van der Waals surface area contributed by atoms with E-state index < -0.39 is 0 Å². The lowest BCUT2D eigenvalue weighted by atomic mass is 10.2. The van der Waals surface area contributed by atoms with Gasteiger partial charge in [0.1, 0.15) is 11.2 Å². The molecular weight excluding hydrogens is 361 g/mol. The number of hydrogen-bond donors (Lipinski definition) is 0. The molecule has 1 saturated heterocycles. The maximum absolute atomic E-state index is 13.3. The van der Waals surface area contributed by atoms with Crippen molar-refractivity contribution in [3.8, 4) is 0 Å². The normalized spacial score (nSPS) is 18.5. The van der Waals surface area contributed by atoms with Gasteiger partial charge in [-0.1, -0.05) is 6.07 Å². The summed E-state index contributed by atoms with van der Waals surface area (Å²) in [7, 11) is 0. The smallest absolute Gasteiger partial charge is 0.255 e. The average molecular weight is 372 g/mol. The third-order valence-electron chi connectivity index (χ3n) is 3.15. The van der Waals surface area contributed by atoms with Crippen LogP contribution in [-0.4, -0.2) is 23.1 Å². The number of hydrogen-bond acceptors (Lipinski definition) is 3. The number of carbonyl (C=O) groups excluding carboxylic acids is 1. The van der Waals surface area contributed by atoms with E-state index in [2.05, 4.69) is 15.9 Å². The van der Waals surface area contributed by atoms with Crippen molar-refractivity contribution in [1.29, 1.82) is 0 Å². The van der Waals surface area contributed by atoms with Crippen LogP contribution in [0.5, 0.6) is 0 Å². The molecule has 0 radical (unpaired) electrons. The van der Waals surface area contributed by atoms with Crippen LogP contribution in [0.25, 0.3) is 0 Å². The molecule has 0 spiro atoms. The lowest BCUT2D eigenvalue weighted by Crippen LogP contribution is -2.30. The van der Waals surface area contributed by atoms with Crippen LogP contribution in [0.15, 0.2) is 39.5 Å². The van der Waals surface area contributed by atoms with E-state index in [0.29, 0.717) is 4.47 Å². The van der Waals surface area contributed by atoms with Crippen LogP contribution in [0, 0.1) is 5.82 Å². The van der Waals surface area contributed by atoms with Crippen molar-refractivity contribution in [1.82, 2.24) is 4.90 Å². The molecule has 0 saturated carbocycles. The molecular formula is C14H11BrFNOS2. The summed E-state index contributed by atoms with van der Waals surface area (Å²) in [6.07, 6.45) is 0. The lowest BCUT2D eigenvalue weighted by Gasteiger charge is -2.24. The van der Waals surface area contributed by atoms with Gasteiger partial charge in [-0.05, 0) is 45.1 Å². The number of benzene rings is 1. The summed E-state index contributed by atoms with van der Waals surface area (Å²) in [6, 6.07) is 6.78. The number of carbonyl (C=O) groups is 1. The van der Waals surface area contributed by atoms with Crippen LogP contribution in [0.1, 0.15) is 21.3 Å². The first kappa shape index (κ1) is 14.1. The van der Waals surface area contributed by atoms with Crippen LogP contribution in [0.2, 0.25) is 0 Å². The van der Waals surface area contributed by atoms with Crippen molar-refractivity contribution in [2.75, 3.05) is 12.3 Å². The van der Waals surface area contributed by atoms with Crippen molar-refractivity contribution in [2.24, 2.45) is 0 Å². The number of thioether (sulfide) groups is 1. The number of thiophene rings is 1. The Hall–Kier alpha value is -0.850. The van der Waals surface area contributed by atoms with Crippen LogP contribution in [0.4, 0.5) is 4.39 Å². The second-order valence-electron chi connectivity index (χ2n) is 4.41. The fourth-order valence-electron chi connectivity index (χ4n) is 2.17. The van der Waals surface area contributed by atoms with Gasteiger partial charge in [0, 0.05) is 17.7 Å². The highest BCUT2D eigenvalue weighted by molar-refractivity contribution is 9.10. The largest absolute Gasteiger partial charge is 0.322 e. The second-order valence-corrected chi connectivity index (χ2v) is 7.23. The van der Waals surface area contributed by atoms with Gasteiger partial charge in [0.15, 0.2) is 0 Å². The van der Waals surface area contributed by atoms with E-state index in [-0.39, 0.29) is 17.1 Å². The molecule has 1 amide bonds. The van der Waals surface area contributed by atoms with Gasteiger partial charge >= 0.3 is 0 Å². The fraction of sp³-hybridized carbons (Fsp3) is 0.214. The Morgan fingerprint density at radius 1 is 1.40 bits per heavy atom. The molecule has 0 N–H and O–H groups in total. The first-order valence-electron chi connectivity index (χ1n) is 6.06. The molecule has 1 aliphatic rings. The Bertz CT molecular complexity index is 632. The predicted octanol–water partition coefficient (Wildman–Crippen LogP) is 4.54. The minimum Gasteiger partial charge on any atom is -0.322 e. The highest BCUT2D eigenvalue weighted by atomic mass is 79.9. The van der Waals surface area contributed by atoms with Gasteiger partial charge in [-0.3, -0.25) is 4.79 Å². The molecule has 1 aliphatic heterocycles. The summed E-state index contributed by atoms with van der Waals surface area (Å²) in [5.41, 5.74) is 1.67. The Balaban J connectivity index is 1.88. The topological polar surface area (TPSA) is 20.3 Å². The summed E-state index contributed by atoms with van der Waals surface area (Å²) in [4.78, 5) is 14.3. The van der Waals surface area contributed by atoms with E-state index in [0.717, 1.165) is 23.4 Å². The van der Waals surface area contributed by atoms with Gasteiger partial charge in [0.05, 0.1) is 10.0 Å². The standard InChI is InChI=1S/C14H11BrFNOS2/c15-11-7-9(1-2-12(11)16)14-17(4-6-20-14)13(18)10-3-5-19-8-10/h1-3,5,7-8,14H,4,6H2. The average Bonchev–Trinajstić information content (AvgIpc) is 3.11. The van der Waals surface area contributed by atoms with Gasteiger partial charge in [-0.25, -0.2) is 4.39 Å². The molecule has 1 fully saturated rings. The Labute approximate surface area is 133 Å². The summed E-state index contributed by atoms with van der Waals surface area (Å²) in [5, 5.41) is 3.72. The first-order valence-corrected chi connectivity index (χ1v) is 8.85. The maximum Gasteiger partial charge on any atom is 0.255 e. The van der Waals surface area contributed by atoms with E-state index in [1.807, 2.05) is 21.7 Å². The lowest BCUT2D eigenvalue weighted by molar-refractivity contribution is 0.0761. The van der Waals surface area contributed by atoms with E-state index >= 15 is 0 Å². The van der Waals surface area contributed by atoms with Gasteiger partial charge in [0.2, 0.25) is 0 Å². The fourth-order valence-corrected chi connectivity index (χ4v) is 4.44. The molecule has 1 aromatic heterocycles. The molecule has 2 aromatic rings. The van der Waals surface area contributed by atoms with Gasteiger partial charge in [0.25, 0.3) is 5.91 Å². The predicted molar refractivity (Wildman–Crippen MR) is 84.7 cm³/mol. The Kier molecular flexibility index (Phi) is 4.14. The van der Waals surface area contributed by atoms with Gasteiger partial charge < -0.3 is 4.90 Å². The highest BCUT2D eigenvalue weighted by Crippen LogP contribution is 2.39. The zero-order chi connectivity index (χ0) is 14.1. The van der Waals surface area contributed by atoms with Gasteiger partial charge in [-0.15, -0.1) is 11.8 Å². The minimum absolute atomic E-state index is 0.0423. The zero-order valence-electron chi connectivity index (χ0n) is 10.4. The van der Waals surface area contributed by atoms with Crippen molar-refractivity contribution in [3.05, 3.63) is 56.4 Å². The molecule has 104 valence electrons. The summed E-state index contributed by atoms with van der Waals surface area (Å²) in [6.45, 7) is 0.721. The number of amides is 1. The summed E-state index contributed by atoms with van der Waals surface area (Å²) in [5.74, 6) is 0.657. The molecule has 0 aliphatic carbocycles. The summed E-state index contributed by atoms with van der Waals surface area (Å²) >= 11 is 6.43. The molecule has 2 heterocycles. The first-order chi connectivity index (χ1) is 9.66. The molecule has 6 heteroatoms.